The van der Waals surface area contributed by atoms with Gasteiger partial charge in [0.15, 0.2) is 0 Å². The fourth-order valence-electron chi connectivity index (χ4n) is 6.93. The molecule has 4 bridgehead atoms. The number of hydrogen-bond acceptors (Lipinski definition) is 6. The lowest BCUT2D eigenvalue weighted by Gasteiger charge is -2.70. The zero-order valence-electron chi connectivity index (χ0n) is 17.4. The number of carbonyl (C=O) groups excluding carboxylic acids is 3. The molecular weight excluding hydrogens is 348 g/mol. The summed E-state index contributed by atoms with van der Waals surface area (Å²) < 4.78 is 17.2. The van der Waals surface area contributed by atoms with E-state index < -0.39 is 17.6 Å². The summed E-state index contributed by atoms with van der Waals surface area (Å²) in [5.41, 5.74) is -0.515. The molecule has 0 radical (unpaired) electrons. The van der Waals surface area contributed by atoms with Crippen molar-refractivity contribution in [3.05, 3.63) is 0 Å². The number of hydrogen-bond donors (Lipinski definition) is 0. The SMILES string of the molecule is CC(=O)O[C@H]1C[C@]2(C)[C@@H]3[C@@H]([C@H]2[C@H](OC(C)=O)C[C@H]3C)C(C)(C)[C@@H]1OC(C)=O. The van der Waals surface area contributed by atoms with Crippen LogP contribution in [0.1, 0.15) is 61.3 Å². The van der Waals surface area contributed by atoms with Crippen molar-refractivity contribution in [2.45, 2.75) is 79.6 Å². The highest BCUT2D eigenvalue weighted by Gasteiger charge is 2.74. The summed E-state index contributed by atoms with van der Waals surface area (Å²) in [5, 5.41) is 0. The molecule has 0 N–H and O–H groups in total. The second kappa shape index (κ2) is 6.49. The van der Waals surface area contributed by atoms with Crippen molar-refractivity contribution < 1.29 is 28.6 Å². The van der Waals surface area contributed by atoms with Crippen molar-refractivity contribution in [2.75, 3.05) is 0 Å². The van der Waals surface area contributed by atoms with Crippen LogP contribution in [0.3, 0.4) is 0 Å². The molecule has 4 rings (SSSR count). The highest BCUT2D eigenvalue weighted by Crippen LogP contribution is 2.74. The van der Waals surface area contributed by atoms with Crippen LogP contribution in [-0.4, -0.2) is 36.2 Å². The fourth-order valence-corrected chi connectivity index (χ4v) is 6.93. The lowest BCUT2D eigenvalue weighted by atomic mass is 9.35. The first-order chi connectivity index (χ1) is 12.4. The van der Waals surface area contributed by atoms with Gasteiger partial charge in [0.2, 0.25) is 0 Å². The van der Waals surface area contributed by atoms with Crippen LogP contribution in [0.15, 0.2) is 0 Å². The predicted octanol–water partition coefficient (Wildman–Crippen LogP) is 3.12. The Morgan fingerprint density at radius 3 is 1.81 bits per heavy atom. The molecule has 0 amide bonds. The van der Waals surface area contributed by atoms with Gasteiger partial charge in [0.25, 0.3) is 0 Å². The number of ether oxygens (including phenoxy) is 3. The summed E-state index contributed by atoms with van der Waals surface area (Å²) in [5.74, 6) is 0.209. The van der Waals surface area contributed by atoms with Crippen LogP contribution in [0.4, 0.5) is 0 Å². The maximum absolute atomic E-state index is 11.8. The quantitative estimate of drug-likeness (QED) is 0.553. The van der Waals surface area contributed by atoms with Gasteiger partial charge in [-0.05, 0) is 36.0 Å². The molecule has 4 saturated carbocycles. The van der Waals surface area contributed by atoms with Crippen LogP contribution in [-0.2, 0) is 28.6 Å². The highest BCUT2D eigenvalue weighted by atomic mass is 16.6. The molecule has 0 spiro atoms. The van der Waals surface area contributed by atoms with E-state index in [1.807, 2.05) is 0 Å². The molecule has 0 aliphatic heterocycles. The van der Waals surface area contributed by atoms with Gasteiger partial charge < -0.3 is 14.2 Å². The molecule has 27 heavy (non-hydrogen) atoms. The molecule has 6 nitrogen and oxygen atoms in total. The molecule has 0 aromatic carbocycles. The summed E-state index contributed by atoms with van der Waals surface area (Å²) in [4.78, 5) is 35.3. The molecule has 0 aromatic heterocycles. The first-order valence-electron chi connectivity index (χ1n) is 9.91. The van der Waals surface area contributed by atoms with Gasteiger partial charge in [-0.25, -0.2) is 0 Å². The Labute approximate surface area is 161 Å². The first-order valence-corrected chi connectivity index (χ1v) is 9.91. The first kappa shape index (κ1) is 20.2. The zero-order valence-corrected chi connectivity index (χ0v) is 17.4. The van der Waals surface area contributed by atoms with E-state index in [-0.39, 0.29) is 41.3 Å². The molecule has 0 heterocycles. The Kier molecular flexibility index (Phi) is 4.84. The van der Waals surface area contributed by atoms with E-state index in [9.17, 15) is 14.4 Å². The Balaban J connectivity index is 2.05. The van der Waals surface area contributed by atoms with Gasteiger partial charge in [0.1, 0.15) is 18.3 Å². The second-order valence-electron chi connectivity index (χ2n) is 9.65. The van der Waals surface area contributed by atoms with E-state index in [0.717, 1.165) is 6.42 Å². The van der Waals surface area contributed by atoms with Crippen molar-refractivity contribution in [3.63, 3.8) is 0 Å². The van der Waals surface area contributed by atoms with Gasteiger partial charge in [-0.2, -0.15) is 0 Å². The second-order valence-corrected chi connectivity index (χ2v) is 9.65. The van der Waals surface area contributed by atoms with Crippen LogP contribution in [0.2, 0.25) is 0 Å². The third-order valence-electron chi connectivity index (χ3n) is 7.41. The van der Waals surface area contributed by atoms with Gasteiger partial charge in [0, 0.05) is 32.1 Å². The van der Waals surface area contributed by atoms with Crippen molar-refractivity contribution in [1.82, 2.24) is 0 Å². The molecule has 152 valence electrons. The Morgan fingerprint density at radius 2 is 1.30 bits per heavy atom. The molecule has 4 fully saturated rings. The molecule has 8 atom stereocenters. The standard InChI is InChI=1S/C21H32O6/c1-10-8-14(25-11(2)22)17-18-16(10)21(17,7)9-15(26-12(3)23)19(20(18,5)6)27-13(4)24/h10,14-19H,8-9H2,1-7H3/t10-,14-,15+,16+,17-,18+,19-,21-/m1/s1. The maximum Gasteiger partial charge on any atom is 0.303 e. The van der Waals surface area contributed by atoms with Gasteiger partial charge >= 0.3 is 17.9 Å². The van der Waals surface area contributed by atoms with Gasteiger partial charge in [0.05, 0.1) is 0 Å². The highest BCUT2D eigenvalue weighted by molar-refractivity contribution is 5.68. The van der Waals surface area contributed by atoms with E-state index in [4.69, 9.17) is 14.2 Å². The summed E-state index contributed by atoms with van der Waals surface area (Å²) in [6.45, 7) is 12.9. The van der Waals surface area contributed by atoms with Crippen molar-refractivity contribution in [2.24, 2.45) is 34.5 Å². The summed E-state index contributed by atoms with van der Waals surface area (Å²) in [7, 11) is 0. The van der Waals surface area contributed by atoms with Crippen LogP contribution >= 0.6 is 0 Å². The van der Waals surface area contributed by atoms with Gasteiger partial charge in [-0.15, -0.1) is 0 Å². The number of carbonyl (C=O) groups is 3. The van der Waals surface area contributed by atoms with Crippen LogP contribution in [0, 0.1) is 34.5 Å². The minimum Gasteiger partial charge on any atom is -0.462 e. The lowest BCUT2D eigenvalue weighted by Crippen LogP contribution is -2.69. The lowest BCUT2D eigenvalue weighted by molar-refractivity contribution is -0.263. The van der Waals surface area contributed by atoms with Crippen molar-refractivity contribution >= 4 is 17.9 Å². The zero-order chi connectivity index (χ0) is 20.3. The number of esters is 3. The Bertz CT molecular complexity index is 655. The molecule has 0 aromatic rings. The van der Waals surface area contributed by atoms with Gasteiger partial charge in [-0.1, -0.05) is 27.7 Å². The topological polar surface area (TPSA) is 78.9 Å². The molecule has 0 unspecified atom stereocenters. The smallest absolute Gasteiger partial charge is 0.303 e. The monoisotopic (exact) mass is 380 g/mol. The maximum atomic E-state index is 11.8. The van der Waals surface area contributed by atoms with Crippen LogP contribution in [0.5, 0.6) is 0 Å². The van der Waals surface area contributed by atoms with E-state index >= 15 is 0 Å². The Morgan fingerprint density at radius 1 is 0.778 bits per heavy atom. The summed E-state index contributed by atoms with van der Waals surface area (Å²) in [6.07, 6.45) is 0.314. The normalized spacial score (nSPS) is 44.3. The van der Waals surface area contributed by atoms with E-state index in [1.165, 1.54) is 20.8 Å². The third kappa shape index (κ3) is 3.05. The summed E-state index contributed by atoms with van der Waals surface area (Å²) >= 11 is 0. The molecule has 6 heteroatoms. The fraction of sp³-hybridized carbons (Fsp3) is 0.857. The molecule has 4 aliphatic rings. The van der Waals surface area contributed by atoms with Crippen LogP contribution in [0.25, 0.3) is 0 Å². The van der Waals surface area contributed by atoms with E-state index in [2.05, 4.69) is 27.7 Å². The minimum absolute atomic E-state index is 0.116. The average molecular weight is 380 g/mol. The largest absolute Gasteiger partial charge is 0.462 e. The van der Waals surface area contributed by atoms with Gasteiger partial charge in [-0.3, -0.25) is 14.4 Å². The van der Waals surface area contributed by atoms with Crippen molar-refractivity contribution in [3.8, 4) is 0 Å². The minimum atomic E-state index is -0.512. The van der Waals surface area contributed by atoms with Crippen LogP contribution < -0.4 is 0 Å². The summed E-state index contributed by atoms with van der Waals surface area (Å²) in [6, 6.07) is 0. The Hall–Kier alpha value is -1.59. The molecule has 4 aliphatic carbocycles. The number of fused-ring (bicyclic) bond motifs is 3. The average Bonchev–Trinajstić information content (AvgIpc) is 2.58. The van der Waals surface area contributed by atoms with E-state index in [1.54, 1.807) is 0 Å². The predicted molar refractivity (Wildman–Crippen MR) is 97.4 cm³/mol. The molecular formula is C21H32O6. The molecule has 0 saturated heterocycles. The van der Waals surface area contributed by atoms with Crippen molar-refractivity contribution in [1.29, 1.82) is 0 Å². The third-order valence-corrected chi connectivity index (χ3v) is 7.41. The number of rotatable bonds is 3. The van der Waals surface area contributed by atoms with E-state index in [0.29, 0.717) is 18.3 Å².